The van der Waals surface area contributed by atoms with Gasteiger partial charge in [-0.05, 0) is 165 Å². The highest BCUT2D eigenvalue weighted by Crippen LogP contribution is 2.70. The molecule has 1 spiro atoms. The zero-order chi connectivity index (χ0) is 42.1. The SMILES string of the molecule is CC(C)(C)c1ccc(-c2cc3c(cc2-c2ccccc2N(c2ccccc2)c2ccc4c(c2)oc2ccccc24)-c2cc(C(C)(C)C)ccc2C32C3CC4CC(C3)CC2C4)cc1. The van der Waals surface area contributed by atoms with Gasteiger partial charge in [0.1, 0.15) is 11.2 Å². The molecule has 0 aliphatic heterocycles. The lowest BCUT2D eigenvalue weighted by Gasteiger charge is -2.61. The van der Waals surface area contributed by atoms with Crippen molar-refractivity contribution < 1.29 is 4.42 Å². The fourth-order valence-corrected chi connectivity index (χ4v) is 13.1. The average molecular weight is 808 g/mol. The molecule has 4 saturated carbocycles. The molecule has 4 bridgehead atoms. The van der Waals surface area contributed by atoms with Gasteiger partial charge in [0.25, 0.3) is 0 Å². The molecule has 5 aliphatic carbocycles. The molecule has 1 heterocycles. The molecule has 0 amide bonds. The molecule has 13 rings (SSSR count). The van der Waals surface area contributed by atoms with E-state index in [1.165, 1.54) is 76.6 Å². The Morgan fingerprint density at radius 1 is 0.452 bits per heavy atom. The van der Waals surface area contributed by atoms with Crippen molar-refractivity contribution in [3.8, 4) is 33.4 Å². The van der Waals surface area contributed by atoms with Gasteiger partial charge in [0, 0.05) is 39.2 Å². The molecule has 0 N–H and O–H groups in total. The molecule has 0 saturated heterocycles. The molecular weight excluding hydrogens is 751 g/mol. The van der Waals surface area contributed by atoms with E-state index in [0.717, 1.165) is 50.8 Å². The highest BCUT2D eigenvalue weighted by atomic mass is 16.3. The summed E-state index contributed by atoms with van der Waals surface area (Å²) in [4.78, 5) is 2.44. The van der Waals surface area contributed by atoms with E-state index >= 15 is 0 Å². The maximum atomic E-state index is 6.53. The maximum absolute atomic E-state index is 6.53. The Bertz CT molecular complexity index is 3010. The summed E-state index contributed by atoms with van der Waals surface area (Å²) in [5.41, 5.74) is 19.3. The second-order valence-electron chi connectivity index (χ2n) is 21.4. The summed E-state index contributed by atoms with van der Waals surface area (Å²) in [7, 11) is 0. The van der Waals surface area contributed by atoms with Gasteiger partial charge in [0.15, 0.2) is 0 Å². The molecule has 0 unspecified atom stereocenters. The first kappa shape index (κ1) is 37.9. The van der Waals surface area contributed by atoms with E-state index in [1.54, 1.807) is 11.1 Å². The summed E-state index contributed by atoms with van der Waals surface area (Å²) < 4.78 is 6.53. The summed E-state index contributed by atoms with van der Waals surface area (Å²) in [6, 6.07) is 57.7. The van der Waals surface area contributed by atoms with Crippen LogP contribution < -0.4 is 4.90 Å². The van der Waals surface area contributed by atoms with Crippen LogP contribution in [-0.4, -0.2) is 0 Å². The van der Waals surface area contributed by atoms with Crippen LogP contribution in [0.1, 0.15) is 95.9 Å². The van der Waals surface area contributed by atoms with Crippen LogP contribution in [0.3, 0.4) is 0 Å². The minimum absolute atomic E-state index is 0.0519. The quantitative estimate of drug-likeness (QED) is 0.172. The monoisotopic (exact) mass is 807 g/mol. The van der Waals surface area contributed by atoms with Gasteiger partial charge in [-0.3, -0.25) is 0 Å². The van der Waals surface area contributed by atoms with E-state index in [0.29, 0.717) is 11.8 Å². The minimum atomic E-state index is 0.0519. The Balaban J connectivity index is 1.13. The lowest BCUT2D eigenvalue weighted by atomic mass is 9.43. The lowest BCUT2D eigenvalue weighted by Crippen LogP contribution is -2.55. The van der Waals surface area contributed by atoms with Crippen LogP contribution in [0.4, 0.5) is 17.1 Å². The van der Waals surface area contributed by atoms with Gasteiger partial charge < -0.3 is 9.32 Å². The zero-order valence-electron chi connectivity index (χ0n) is 37.1. The van der Waals surface area contributed by atoms with Gasteiger partial charge in [-0.15, -0.1) is 0 Å². The third kappa shape index (κ3) is 5.67. The van der Waals surface area contributed by atoms with Crippen LogP contribution in [0.5, 0.6) is 0 Å². The summed E-state index contributed by atoms with van der Waals surface area (Å²) in [5, 5.41) is 2.28. The molecule has 1 aromatic heterocycles. The van der Waals surface area contributed by atoms with Crippen molar-refractivity contribution in [2.24, 2.45) is 23.7 Å². The molecule has 0 radical (unpaired) electrons. The van der Waals surface area contributed by atoms with Gasteiger partial charge in [-0.2, -0.15) is 0 Å². The first-order chi connectivity index (χ1) is 29.9. The normalized spacial score (nSPS) is 22.4. The number of hydrogen-bond acceptors (Lipinski definition) is 2. The van der Waals surface area contributed by atoms with Gasteiger partial charge >= 0.3 is 0 Å². The number of anilines is 3. The number of hydrogen-bond donors (Lipinski definition) is 0. The van der Waals surface area contributed by atoms with Crippen LogP contribution in [-0.2, 0) is 16.2 Å². The second kappa shape index (κ2) is 13.6. The van der Waals surface area contributed by atoms with Crippen LogP contribution in [0.25, 0.3) is 55.3 Å². The fourth-order valence-electron chi connectivity index (χ4n) is 13.1. The topological polar surface area (TPSA) is 16.4 Å². The first-order valence-corrected chi connectivity index (χ1v) is 23.3. The van der Waals surface area contributed by atoms with Crippen molar-refractivity contribution in [1.29, 1.82) is 0 Å². The molecule has 2 heteroatoms. The molecule has 4 fully saturated rings. The third-order valence-corrected chi connectivity index (χ3v) is 15.8. The largest absolute Gasteiger partial charge is 0.456 e. The van der Waals surface area contributed by atoms with Gasteiger partial charge in [-0.25, -0.2) is 0 Å². The molecule has 2 nitrogen and oxygen atoms in total. The Morgan fingerprint density at radius 2 is 1.08 bits per heavy atom. The third-order valence-electron chi connectivity index (χ3n) is 15.8. The smallest absolute Gasteiger partial charge is 0.137 e. The van der Waals surface area contributed by atoms with E-state index in [-0.39, 0.29) is 16.2 Å². The number of nitrogens with zero attached hydrogens (tertiary/aromatic N) is 1. The summed E-state index contributed by atoms with van der Waals surface area (Å²) in [6.07, 6.45) is 6.93. The Hall–Kier alpha value is -5.86. The standard InChI is InChI=1S/C60H57NO/c1-58(2,3)40-22-20-39(21-23-40)49-36-54-52(51-33-41(59(4,5)6)24-27-53(51)60(54)42-29-37-28-38(31-42)32-43(60)30-37)35-50(49)46-16-10-12-18-55(46)61(44-14-8-7-9-15-44)45-25-26-48-47-17-11-13-19-56(47)62-57(48)34-45/h7-27,33-38,42-43H,28-32H2,1-6H3. The van der Waals surface area contributed by atoms with E-state index in [4.69, 9.17) is 4.42 Å². The lowest BCUT2D eigenvalue weighted by molar-refractivity contribution is -0.0399. The van der Waals surface area contributed by atoms with Gasteiger partial charge in [0.2, 0.25) is 0 Å². The predicted molar refractivity (Wildman–Crippen MR) is 260 cm³/mol. The van der Waals surface area contributed by atoms with Crippen molar-refractivity contribution in [1.82, 2.24) is 0 Å². The number of rotatable bonds is 5. The number of furan rings is 1. The molecule has 7 aromatic carbocycles. The van der Waals surface area contributed by atoms with Crippen LogP contribution in [0, 0.1) is 23.7 Å². The first-order valence-electron chi connectivity index (χ1n) is 23.3. The zero-order valence-corrected chi connectivity index (χ0v) is 37.1. The molecule has 8 aromatic rings. The summed E-state index contributed by atoms with van der Waals surface area (Å²) in [5.74, 6) is 3.16. The van der Waals surface area contributed by atoms with E-state index < -0.39 is 0 Å². The number of para-hydroxylation sites is 3. The van der Waals surface area contributed by atoms with Crippen molar-refractivity contribution in [2.45, 2.75) is 89.9 Å². The molecular formula is C60H57NO. The van der Waals surface area contributed by atoms with Crippen molar-refractivity contribution >= 4 is 39.0 Å². The minimum Gasteiger partial charge on any atom is -0.456 e. The Kier molecular flexibility index (Phi) is 8.29. The molecule has 308 valence electrons. The van der Waals surface area contributed by atoms with Crippen LogP contribution in [0.2, 0.25) is 0 Å². The molecule has 5 aliphatic rings. The number of benzene rings is 7. The van der Waals surface area contributed by atoms with Gasteiger partial charge in [0.05, 0.1) is 5.69 Å². The maximum Gasteiger partial charge on any atom is 0.137 e. The highest BCUT2D eigenvalue weighted by molar-refractivity contribution is 6.06. The molecule has 62 heavy (non-hydrogen) atoms. The van der Waals surface area contributed by atoms with Crippen molar-refractivity contribution in [2.75, 3.05) is 4.90 Å². The van der Waals surface area contributed by atoms with E-state index in [1.807, 2.05) is 0 Å². The van der Waals surface area contributed by atoms with Crippen molar-refractivity contribution in [3.63, 3.8) is 0 Å². The second-order valence-corrected chi connectivity index (χ2v) is 21.4. The van der Waals surface area contributed by atoms with Gasteiger partial charge in [-0.1, -0.05) is 139 Å². The Labute approximate surface area is 367 Å². The van der Waals surface area contributed by atoms with Crippen LogP contribution in [0.15, 0.2) is 156 Å². The summed E-state index contributed by atoms with van der Waals surface area (Å²) >= 11 is 0. The van der Waals surface area contributed by atoms with Crippen molar-refractivity contribution in [3.05, 3.63) is 174 Å². The van der Waals surface area contributed by atoms with Crippen LogP contribution >= 0.6 is 0 Å². The average Bonchev–Trinajstić information content (AvgIpc) is 3.77. The molecule has 0 atom stereocenters. The fraction of sp³-hybridized carbons (Fsp3) is 0.300. The van der Waals surface area contributed by atoms with E-state index in [2.05, 4.69) is 198 Å². The van der Waals surface area contributed by atoms with E-state index in [9.17, 15) is 0 Å². The highest BCUT2D eigenvalue weighted by Gasteiger charge is 2.61. The number of fused-ring (bicyclic) bond motifs is 6. The Morgan fingerprint density at radius 3 is 1.81 bits per heavy atom. The predicted octanol–water partition coefficient (Wildman–Crippen LogP) is 16.7. The summed E-state index contributed by atoms with van der Waals surface area (Å²) in [6.45, 7) is 14.1.